The number of benzene rings is 2. The van der Waals surface area contributed by atoms with Crippen LogP contribution < -0.4 is 5.32 Å². The molecule has 0 radical (unpaired) electrons. The van der Waals surface area contributed by atoms with Crippen LogP contribution in [0.1, 0.15) is 71.3 Å². The van der Waals surface area contributed by atoms with Gasteiger partial charge in [-0.2, -0.15) is 4.31 Å². The molecule has 2 aromatic rings. The van der Waals surface area contributed by atoms with Gasteiger partial charge in [0.15, 0.2) is 0 Å². The molecule has 1 heterocycles. The Morgan fingerprint density at radius 2 is 1.70 bits per heavy atom. The fraction of sp³-hybridized carbons (Fsp3) is 0.458. The normalized spacial score (nSPS) is 18.1. The zero-order chi connectivity index (χ0) is 21.3. The first-order valence-corrected chi connectivity index (χ1v) is 12.3. The van der Waals surface area contributed by atoms with Crippen LogP contribution in [0.5, 0.6) is 0 Å². The van der Waals surface area contributed by atoms with Crippen LogP contribution in [-0.4, -0.2) is 31.7 Å². The summed E-state index contributed by atoms with van der Waals surface area (Å²) in [6.45, 7) is 4.91. The Kier molecular flexibility index (Phi) is 5.98. The van der Waals surface area contributed by atoms with Crippen LogP contribution in [0, 0.1) is 6.92 Å². The first-order chi connectivity index (χ1) is 14.4. The third kappa shape index (κ3) is 4.16. The number of hydrogen-bond donors (Lipinski definition) is 1. The quantitative estimate of drug-likeness (QED) is 0.781. The minimum Gasteiger partial charge on any atom is -0.346 e. The maximum absolute atomic E-state index is 13.0. The molecule has 1 aliphatic carbocycles. The van der Waals surface area contributed by atoms with E-state index in [0.717, 1.165) is 43.2 Å². The zero-order valence-electron chi connectivity index (χ0n) is 17.8. The fourth-order valence-corrected chi connectivity index (χ4v) is 6.02. The first kappa shape index (κ1) is 21.1. The highest BCUT2D eigenvalue weighted by molar-refractivity contribution is 7.89. The SMILES string of the molecule is Cc1ccc(S(=O)(=O)N2CCCCC2)cc1C(=O)NC(C)c1ccc2c(c1)CCC2. The van der Waals surface area contributed by atoms with Gasteiger partial charge in [0.05, 0.1) is 10.9 Å². The molecule has 5 nitrogen and oxygen atoms in total. The molecular formula is C24H30N2O3S. The van der Waals surface area contributed by atoms with Crippen molar-refractivity contribution in [3.63, 3.8) is 0 Å². The summed E-state index contributed by atoms with van der Waals surface area (Å²) in [7, 11) is -3.57. The standard InChI is InChI=1S/C24H30N2O3S/c1-17-9-12-22(30(28,29)26-13-4-3-5-14-26)16-23(17)24(27)25-18(2)20-11-10-19-7-6-8-21(19)15-20/h9-12,15-16,18H,3-8,13-14H2,1-2H3,(H,25,27). The molecule has 1 amide bonds. The van der Waals surface area contributed by atoms with Gasteiger partial charge in [-0.25, -0.2) is 8.42 Å². The fourth-order valence-electron chi connectivity index (χ4n) is 4.48. The van der Waals surface area contributed by atoms with Crippen LogP contribution in [0.15, 0.2) is 41.3 Å². The summed E-state index contributed by atoms with van der Waals surface area (Å²) in [6.07, 6.45) is 6.26. The number of piperidine rings is 1. The highest BCUT2D eigenvalue weighted by atomic mass is 32.2. The van der Waals surface area contributed by atoms with Gasteiger partial charge in [0.2, 0.25) is 10.0 Å². The van der Waals surface area contributed by atoms with Gasteiger partial charge in [0, 0.05) is 18.7 Å². The van der Waals surface area contributed by atoms with Crippen LogP contribution in [0.25, 0.3) is 0 Å². The number of fused-ring (bicyclic) bond motifs is 1. The summed E-state index contributed by atoms with van der Waals surface area (Å²) in [5, 5.41) is 3.06. The number of sulfonamides is 1. The minimum absolute atomic E-state index is 0.148. The van der Waals surface area contributed by atoms with E-state index < -0.39 is 10.0 Å². The van der Waals surface area contributed by atoms with Crippen molar-refractivity contribution in [2.24, 2.45) is 0 Å². The average Bonchev–Trinajstić information content (AvgIpc) is 3.22. The molecule has 1 aliphatic heterocycles. The summed E-state index contributed by atoms with van der Waals surface area (Å²) in [6, 6.07) is 11.2. The Morgan fingerprint density at radius 3 is 2.47 bits per heavy atom. The Morgan fingerprint density at radius 1 is 0.967 bits per heavy atom. The molecule has 2 aromatic carbocycles. The summed E-state index contributed by atoms with van der Waals surface area (Å²) in [5.41, 5.74) is 5.05. The number of hydrogen-bond acceptors (Lipinski definition) is 3. The van der Waals surface area contributed by atoms with E-state index in [1.54, 1.807) is 12.1 Å². The van der Waals surface area contributed by atoms with Crippen molar-refractivity contribution < 1.29 is 13.2 Å². The van der Waals surface area contributed by atoms with E-state index in [2.05, 4.69) is 23.5 Å². The van der Waals surface area contributed by atoms with Gasteiger partial charge in [0.25, 0.3) is 5.91 Å². The zero-order valence-corrected chi connectivity index (χ0v) is 18.6. The van der Waals surface area contributed by atoms with E-state index in [1.807, 2.05) is 13.8 Å². The number of nitrogens with zero attached hydrogens (tertiary/aromatic N) is 1. The molecule has 4 rings (SSSR count). The Labute approximate surface area is 179 Å². The lowest BCUT2D eigenvalue weighted by molar-refractivity contribution is 0.0939. The topological polar surface area (TPSA) is 66.5 Å². The second-order valence-corrected chi connectivity index (χ2v) is 10.5. The van der Waals surface area contributed by atoms with Crippen molar-refractivity contribution in [2.45, 2.75) is 63.3 Å². The molecule has 0 saturated carbocycles. The number of carbonyl (C=O) groups excluding carboxylic acids is 1. The molecule has 30 heavy (non-hydrogen) atoms. The summed E-state index contributed by atoms with van der Waals surface area (Å²) in [5.74, 6) is -0.240. The number of aryl methyl sites for hydroxylation is 3. The molecule has 1 fully saturated rings. The van der Waals surface area contributed by atoms with Crippen molar-refractivity contribution in [2.75, 3.05) is 13.1 Å². The average molecular weight is 427 g/mol. The summed E-state index contributed by atoms with van der Waals surface area (Å²) < 4.78 is 27.6. The van der Waals surface area contributed by atoms with Crippen molar-refractivity contribution in [3.8, 4) is 0 Å². The van der Waals surface area contributed by atoms with Crippen LogP contribution >= 0.6 is 0 Å². The van der Waals surface area contributed by atoms with Gasteiger partial charge in [0.1, 0.15) is 0 Å². The van der Waals surface area contributed by atoms with Gasteiger partial charge in [-0.05, 0) is 80.3 Å². The summed E-state index contributed by atoms with van der Waals surface area (Å²) >= 11 is 0. The lowest BCUT2D eigenvalue weighted by atomic mass is 10.0. The van der Waals surface area contributed by atoms with E-state index >= 15 is 0 Å². The molecule has 0 spiro atoms. The van der Waals surface area contributed by atoms with E-state index in [-0.39, 0.29) is 16.8 Å². The molecule has 1 atom stereocenters. The molecule has 0 bridgehead atoms. The Hall–Kier alpha value is -2.18. The molecular weight excluding hydrogens is 396 g/mol. The van der Waals surface area contributed by atoms with Crippen molar-refractivity contribution in [1.29, 1.82) is 0 Å². The molecule has 1 saturated heterocycles. The van der Waals surface area contributed by atoms with E-state index in [0.29, 0.717) is 18.7 Å². The second-order valence-electron chi connectivity index (χ2n) is 8.52. The van der Waals surface area contributed by atoms with Gasteiger partial charge in [-0.1, -0.05) is 30.7 Å². The van der Waals surface area contributed by atoms with Crippen molar-refractivity contribution >= 4 is 15.9 Å². The predicted molar refractivity (Wildman–Crippen MR) is 118 cm³/mol. The molecule has 2 aliphatic rings. The number of nitrogens with one attached hydrogen (secondary N) is 1. The minimum atomic E-state index is -3.57. The van der Waals surface area contributed by atoms with Gasteiger partial charge < -0.3 is 5.32 Å². The van der Waals surface area contributed by atoms with E-state index in [9.17, 15) is 13.2 Å². The largest absolute Gasteiger partial charge is 0.346 e. The smallest absolute Gasteiger partial charge is 0.252 e. The maximum atomic E-state index is 13.0. The van der Waals surface area contributed by atoms with E-state index in [1.165, 1.54) is 27.9 Å². The lowest BCUT2D eigenvalue weighted by Crippen LogP contribution is -2.35. The highest BCUT2D eigenvalue weighted by Crippen LogP contribution is 2.26. The molecule has 160 valence electrons. The summed E-state index contributed by atoms with van der Waals surface area (Å²) in [4.78, 5) is 13.2. The van der Waals surface area contributed by atoms with Crippen LogP contribution in [0.3, 0.4) is 0 Å². The predicted octanol–water partition coefficient (Wildman–Crippen LogP) is 4.15. The number of rotatable bonds is 5. The molecule has 6 heteroatoms. The van der Waals surface area contributed by atoms with E-state index in [4.69, 9.17) is 0 Å². The Bertz CT molecular complexity index is 1060. The molecule has 1 N–H and O–H groups in total. The maximum Gasteiger partial charge on any atom is 0.252 e. The van der Waals surface area contributed by atoms with Gasteiger partial charge in [-0.15, -0.1) is 0 Å². The molecule has 0 aromatic heterocycles. The Balaban J connectivity index is 1.54. The van der Waals surface area contributed by atoms with Gasteiger partial charge >= 0.3 is 0 Å². The number of carbonyl (C=O) groups is 1. The molecule has 1 unspecified atom stereocenters. The lowest BCUT2D eigenvalue weighted by Gasteiger charge is -2.26. The highest BCUT2D eigenvalue weighted by Gasteiger charge is 2.27. The van der Waals surface area contributed by atoms with Crippen LogP contribution in [0.4, 0.5) is 0 Å². The third-order valence-electron chi connectivity index (χ3n) is 6.38. The second kappa shape index (κ2) is 8.52. The number of amides is 1. The third-order valence-corrected chi connectivity index (χ3v) is 8.27. The van der Waals surface area contributed by atoms with Crippen molar-refractivity contribution in [3.05, 3.63) is 64.2 Å². The van der Waals surface area contributed by atoms with Gasteiger partial charge in [-0.3, -0.25) is 4.79 Å². The monoisotopic (exact) mass is 426 g/mol. The van der Waals surface area contributed by atoms with Crippen molar-refractivity contribution in [1.82, 2.24) is 9.62 Å². The first-order valence-electron chi connectivity index (χ1n) is 10.9. The van der Waals surface area contributed by atoms with Crippen LogP contribution in [0.2, 0.25) is 0 Å². The van der Waals surface area contributed by atoms with Crippen LogP contribution in [-0.2, 0) is 22.9 Å².